The first-order chi connectivity index (χ1) is 17.2. The predicted molar refractivity (Wildman–Crippen MR) is 136 cm³/mol. The second kappa shape index (κ2) is 10.7. The van der Waals surface area contributed by atoms with Crippen molar-refractivity contribution in [2.24, 2.45) is 5.92 Å². The summed E-state index contributed by atoms with van der Waals surface area (Å²) in [4.78, 5) is 41.1. The summed E-state index contributed by atoms with van der Waals surface area (Å²) in [5.74, 6) is -0.0595. The number of hydrogen-bond acceptors (Lipinski definition) is 5. The van der Waals surface area contributed by atoms with Crippen LogP contribution in [0.15, 0.2) is 48.5 Å². The van der Waals surface area contributed by atoms with Gasteiger partial charge in [-0.25, -0.2) is 9.59 Å². The molecule has 2 saturated heterocycles. The number of likely N-dealkylation sites (tertiary alicyclic amines) is 1. The van der Waals surface area contributed by atoms with Gasteiger partial charge in [0, 0.05) is 25.7 Å². The normalized spacial score (nSPS) is 18.5. The van der Waals surface area contributed by atoms with Gasteiger partial charge in [-0.2, -0.15) is 0 Å². The smallest absolute Gasteiger partial charge is 0.335 e. The van der Waals surface area contributed by atoms with Crippen molar-refractivity contribution < 1.29 is 24.2 Å². The summed E-state index contributed by atoms with van der Waals surface area (Å²) in [6, 6.07) is 14.8. The first-order valence-corrected chi connectivity index (χ1v) is 12.6. The number of ether oxygens (including phenoxy) is 1. The minimum absolute atomic E-state index is 0.0114. The molecule has 2 aliphatic rings. The van der Waals surface area contributed by atoms with Gasteiger partial charge in [-0.05, 0) is 67.0 Å². The van der Waals surface area contributed by atoms with Crippen molar-refractivity contribution in [2.75, 3.05) is 26.7 Å². The summed E-state index contributed by atoms with van der Waals surface area (Å²) in [6.07, 6.45) is 2.67. The molecule has 0 aliphatic carbocycles. The van der Waals surface area contributed by atoms with Crippen LogP contribution in [-0.2, 0) is 11.2 Å². The average Bonchev–Trinajstić information content (AvgIpc) is 3.09. The van der Waals surface area contributed by atoms with E-state index in [1.165, 1.54) is 10.5 Å². The van der Waals surface area contributed by atoms with Crippen molar-refractivity contribution in [3.8, 4) is 5.75 Å². The highest BCUT2D eigenvalue weighted by molar-refractivity contribution is 6.07. The fraction of sp³-hybridized carbons (Fsp3) is 0.464. The molecule has 0 aromatic heterocycles. The van der Waals surface area contributed by atoms with Crippen LogP contribution in [0.4, 0.5) is 4.79 Å². The number of carboxylic acid groups (broad SMARTS) is 1. The number of carbonyl (C=O) groups excluding carboxylic acids is 2. The zero-order valence-corrected chi connectivity index (χ0v) is 21.2. The number of rotatable bonds is 9. The van der Waals surface area contributed by atoms with E-state index in [0.717, 1.165) is 24.2 Å². The van der Waals surface area contributed by atoms with E-state index in [0.29, 0.717) is 32.5 Å². The number of urea groups is 1. The lowest BCUT2D eigenvalue weighted by Gasteiger charge is -2.41. The summed E-state index contributed by atoms with van der Waals surface area (Å²) in [5, 5.41) is 12.5. The minimum atomic E-state index is -0.951. The number of nitrogens with one attached hydrogen (secondary N) is 1. The Bertz CT molecular complexity index is 1110. The Morgan fingerprint density at radius 1 is 1.11 bits per heavy atom. The number of amides is 3. The van der Waals surface area contributed by atoms with E-state index in [9.17, 15) is 19.5 Å². The van der Waals surface area contributed by atoms with E-state index in [2.05, 4.69) is 10.2 Å². The van der Waals surface area contributed by atoms with Crippen LogP contribution in [0.25, 0.3) is 0 Å². The van der Waals surface area contributed by atoms with E-state index in [-0.39, 0.29) is 29.5 Å². The van der Waals surface area contributed by atoms with Gasteiger partial charge < -0.3 is 15.2 Å². The molecule has 2 aromatic carbocycles. The predicted octanol–water partition coefficient (Wildman–Crippen LogP) is 4.11. The monoisotopic (exact) mass is 493 g/mol. The number of methoxy groups -OCH3 is 1. The van der Waals surface area contributed by atoms with Gasteiger partial charge in [0.2, 0.25) is 0 Å². The van der Waals surface area contributed by atoms with Crippen LogP contribution < -0.4 is 10.1 Å². The van der Waals surface area contributed by atoms with Crippen LogP contribution in [0, 0.1) is 5.92 Å². The maximum Gasteiger partial charge on any atom is 0.335 e. The molecule has 1 spiro atoms. The third-order valence-corrected chi connectivity index (χ3v) is 7.27. The lowest BCUT2D eigenvalue weighted by atomic mass is 9.85. The highest BCUT2D eigenvalue weighted by atomic mass is 16.5. The third kappa shape index (κ3) is 5.38. The third-order valence-electron chi connectivity index (χ3n) is 7.27. The number of hydrogen-bond donors (Lipinski definition) is 2. The number of imide groups is 1. The number of aryl methyl sites for hydroxylation is 1. The Balaban J connectivity index is 1.52. The first-order valence-electron chi connectivity index (χ1n) is 12.6. The van der Waals surface area contributed by atoms with Crippen LogP contribution in [-0.4, -0.2) is 65.1 Å². The van der Waals surface area contributed by atoms with E-state index in [1.807, 2.05) is 44.2 Å². The topological polar surface area (TPSA) is 99.2 Å². The standard InChI is InChI=1S/C28H35N3O5/c1-19(2)18-31-26(34)28(29-27(31)35)13-15-30(16-14-28)24(21-5-4-6-22(17-21)25(32)33)12-9-20-7-10-23(36-3)11-8-20/h4-8,10-11,17,19,24H,9,12-16,18H2,1-3H3,(H,29,35)(H,32,33). The van der Waals surface area contributed by atoms with Crippen LogP contribution in [0.5, 0.6) is 5.75 Å². The fourth-order valence-corrected chi connectivity index (χ4v) is 5.30. The fourth-order valence-electron chi connectivity index (χ4n) is 5.30. The molecule has 0 bridgehead atoms. The molecule has 2 heterocycles. The largest absolute Gasteiger partial charge is 0.497 e. The van der Waals surface area contributed by atoms with Gasteiger partial charge in [-0.3, -0.25) is 14.6 Å². The number of benzene rings is 2. The highest BCUT2D eigenvalue weighted by Crippen LogP contribution is 2.35. The lowest BCUT2D eigenvalue weighted by Crippen LogP contribution is -2.55. The molecule has 2 aromatic rings. The minimum Gasteiger partial charge on any atom is -0.497 e. The molecule has 8 nitrogen and oxygen atoms in total. The van der Waals surface area contributed by atoms with Gasteiger partial charge in [0.25, 0.3) is 5.91 Å². The number of carbonyl (C=O) groups is 3. The lowest BCUT2D eigenvalue weighted by molar-refractivity contribution is -0.133. The average molecular weight is 494 g/mol. The zero-order valence-electron chi connectivity index (χ0n) is 21.2. The summed E-state index contributed by atoms with van der Waals surface area (Å²) < 4.78 is 5.26. The van der Waals surface area contributed by atoms with Crippen LogP contribution in [0.3, 0.4) is 0 Å². The number of nitrogens with zero attached hydrogens (tertiary/aromatic N) is 2. The van der Waals surface area contributed by atoms with Crippen molar-refractivity contribution in [2.45, 2.75) is 51.1 Å². The van der Waals surface area contributed by atoms with Crippen LogP contribution >= 0.6 is 0 Å². The molecule has 36 heavy (non-hydrogen) atoms. The second-order valence-corrected chi connectivity index (χ2v) is 10.2. The quantitative estimate of drug-likeness (QED) is 0.510. The van der Waals surface area contributed by atoms with Crippen molar-refractivity contribution >= 4 is 17.9 Å². The summed E-state index contributed by atoms with van der Waals surface area (Å²) >= 11 is 0. The van der Waals surface area contributed by atoms with E-state index in [4.69, 9.17) is 4.74 Å². The van der Waals surface area contributed by atoms with Gasteiger partial charge in [0.1, 0.15) is 11.3 Å². The van der Waals surface area contributed by atoms with Gasteiger partial charge in [-0.15, -0.1) is 0 Å². The molecule has 8 heteroatoms. The maximum atomic E-state index is 13.2. The van der Waals surface area contributed by atoms with Crippen molar-refractivity contribution in [1.82, 2.24) is 15.1 Å². The summed E-state index contributed by atoms with van der Waals surface area (Å²) in [6.45, 7) is 5.67. The Hall–Kier alpha value is -3.39. The van der Waals surface area contributed by atoms with E-state index in [1.54, 1.807) is 25.3 Å². The molecular formula is C28H35N3O5. The second-order valence-electron chi connectivity index (χ2n) is 10.2. The Kier molecular flexibility index (Phi) is 7.64. The van der Waals surface area contributed by atoms with Gasteiger partial charge in [-0.1, -0.05) is 38.1 Å². The summed E-state index contributed by atoms with van der Waals surface area (Å²) in [7, 11) is 1.64. The van der Waals surface area contributed by atoms with Gasteiger partial charge >= 0.3 is 12.0 Å². The molecule has 2 aliphatic heterocycles. The molecule has 3 amide bonds. The Labute approximate surface area is 212 Å². The van der Waals surface area contributed by atoms with Gasteiger partial charge in [0.15, 0.2) is 0 Å². The molecule has 2 N–H and O–H groups in total. The van der Waals surface area contributed by atoms with Crippen molar-refractivity contribution in [3.05, 3.63) is 65.2 Å². The molecule has 1 unspecified atom stereocenters. The van der Waals surface area contributed by atoms with Crippen LogP contribution in [0.1, 0.15) is 60.6 Å². The number of piperidine rings is 1. The Morgan fingerprint density at radius 2 is 1.81 bits per heavy atom. The van der Waals surface area contributed by atoms with E-state index < -0.39 is 11.5 Å². The zero-order chi connectivity index (χ0) is 25.9. The molecule has 4 rings (SSSR count). The van der Waals surface area contributed by atoms with Crippen LogP contribution in [0.2, 0.25) is 0 Å². The van der Waals surface area contributed by atoms with Crippen molar-refractivity contribution in [3.63, 3.8) is 0 Å². The molecule has 0 saturated carbocycles. The van der Waals surface area contributed by atoms with Gasteiger partial charge in [0.05, 0.1) is 12.7 Å². The highest BCUT2D eigenvalue weighted by Gasteiger charge is 2.52. The number of carboxylic acids is 1. The number of aromatic carboxylic acids is 1. The van der Waals surface area contributed by atoms with Crippen molar-refractivity contribution in [1.29, 1.82) is 0 Å². The summed E-state index contributed by atoms with van der Waals surface area (Å²) in [5.41, 5.74) is 1.54. The molecule has 192 valence electrons. The Morgan fingerprint density at radius 3 is 2.42 bits per heavy atom. The molecule has 0 radical (unpaired) electrons. The molecular weight excluding hydrogens is 458 g/mol. The van der Waals surface area contributed by atoms with E-state index >= 15 is 0 Å². The SMILES string of the molecule is COc1ccc(CCC(c2cccc(C(=O)O)c2)N2CCC3(CC2)NC(=O)N(CC(C)C)C3=O)cc1. The molecule has 2 fully saturated rings. The first kappa shape index (κ1) is 25.7. The maximum absolute atomic E-state index is 13.2. The molecule has 1 atom stereocenters.